The van der Waals surface area contributed by atoms with E-state index in [0.717, 1.165) is 24.1 Å². The summed E-state index contributed by atoms with van der Waals surface area (Å²) in [6.45, 7) is 0.576. The Balaban J connectivity index is 1.94. The number of benzene rings is 2. The van der Waals surface area contributed by atoms with Crippen LogP contribution in [-0.2, 0) is 6.42 Å². The maximum atomic E-state index is 13.1. The number of rotatable bonds is 3. The van der Waals surface area contributed by atoms with Crippen molar-refractivity contribution >= 4 is 17.3 Å². The molecular weight excluding hydrogens is 330 g/mol. The van der Waals surface area contributed by atoms with E-state index in [1.54, 1.807) is 4.90 Å². The van der Waals surface area contributed by atoms with E-state index in [2.05, 4.69) is 6.20 Å². The summed E-state index contributed by atoms with van der Waals surface area (Å²) in [5.41, 5.74) is 3.70. The third-order valence-corrected chi connectivity index (χ3v) is 4.37. The SMILES string of the molecule is CN(C)C=C1CCN(C(=O)c2ccc([N+](=O)[O-])cc2)c2ccccc2C1. The van der Waals surface area contributed by atoms with Crippen molar-refractivity contribution in [2.24, 2.45) is 0 Å². The van der Waals surface area contributed by atoms with E-state index in [1.807, 2.05) is 43.3 Å². The van der Waals surface area contributed by atoms with Gasteiger partial charge in [0.05, 0.1) is 4.92 Å². The highest BCUT2D eigenvalue weighted by atomic mass is 16.6. The molecule has 1 aliphatic heterocycles. The zero-order valence-corrected chi connectivity index (χ0v) is 14.9. The van der Waals surface area contributed by atoms with E-state index in [-0.39, 0.29) is 11.6 Å². The Kier molecular flexibility index (Phi) is 5.02. The fourth-order valence-corrected chi connectivity index (χ4v) is 3.20. The minimum Gasteiger partial charge on any atom is -0.384 e. The highest BCUT2D eigenvalue weighted by Gasteiger charge is 2.24. The van der Waals surface area contributed by atoms with Gasteiger partial charge in [0, 0.05) is 44.0 Å². The van der Waals surface area contributed by atoms with Crippen LogP contribution in [0.1, 0.15) is 22.3 Å². The predicted octanol–water partition coefficient (Wildman–Crippen LogP) is 3.63. The van der Waals surface area contributed by atoms with Gasteiger partial charge in [-0.05, 0) is 48.4 Å². The molecule has 1 aliphatic rings. The minimum atomic E-state index is -0.464. The summed E-state index contributed by atoms with van der Waals surface area (Å²) in [7, 11) is 3.98. The first-order chi connectivity index (χ1) is 12.5. The van der Waals surface area contributed by atoms with Crippen molar-refractivity contribution in [3.05, 3.63) is 81.5 Å². The van der Waals surface area contributed by atoms with Gasteiger partial charge in [0.25, 0.3) is 11.6 Å². The van der Waals surface area contributed by atoms with Crippen molar-refractivity contribution < 1.29 is 9.72 Å². The van der Waals surface area contributed by atoms with Crippen LogP contribution in [0.25, 0.3) is 0 Å². The Morgan fingerprint density at radius 2 is 1.85 bits per heavy atom. The number of nitrogens with zero attached hydrogens (tertiary/aromatic N) is 3. The molecule has 1 heterocycles. The minimum absolute atomic E-state index is 0.0194. The fourth-order valence-electron chi connectivity index (χ4n) is 3.20. The zero-order valence-electron chi connectivity index (χ0n) is 14.9. The molecule has 0 saturated carbocycles. The van der Waals surface area contributed by atoms with Gasteiger partial charge >= 0.3 is 0 Å². The molecular formula is C20H21N3O3. The predicted molar refractivity (Wildman–Crippen MR) is 101 cm³/mol. The molecule has 6 nitrogen and oxygen atoms in total. The van der Waals surface area contributed by atoms with E-state index in [9.17, 15) is 14.9 Å². The molecule has 0 fully saturated rings. The molecule has 2 aromatic carbocycles. The number of amides is 1. The van der Waals surface area contributed by atoms with Gasteiger partial charge in [-0.15, -0.1) is 0 Å². The monoisotopic (exact) mass is 351 g/mol. The van der Waals surface area contributed by atoms with E-state index in [4.69, 9.17) is 0 Å². The summed E-state index contributed by atoms with van der Waals surface area (Å²) in [6.07, 6.45) is 3.70. The Bertz CT molecular complexity index is 857. The molecule has 6 heteroatoms. The largest absolute Gasteiger partial charge is 0.384 e. The van der Waals surface area contributed by atoms with Crippen LogP contribution in [-0.4, -0.2) is 36.4 Å². The van der Waals surface area contributed by atoms with Crippen LogP contribution in [0.2, 0.25) is 0 Å². The van der Waals surface area contributed by atoms with Crippen molar-refractivity contribution in [3.8, 4) is 0 Å². The summed E-state index contributed by atoms with van der Waals surface area (Å²) >= 11 is 0. The fraction of sp³-hybridized carbons (Fsp3) is 0.250. The van der Waals surface area contributed by atoms with Crippen molar-refractivity contribution in [1.82, 2.24) is 4.90 Å². The summed E-state index contributed by atoms with van der Waals surface area (Å²) in [5, 5.41) is 10.8. The third-order valence-electron chi connectivity index (χ3n) is 4.37. The molecule has 134 valence electrons. The second-order valence-electron chi connectivity index (χ2n) is 6.57. The first kappa shape index (κ1) is 17.7. The van der Waals surface area contributed by atoms with Gasteiger partial charge in [-0.2, -0.15) is 0 Å². The number of carbonyl (C=O) groups excluding carboxylic acids is 1. The molecule has 0 unspecified atom stereocenters. The first-order valence-electron chi connectivity index (χ1n) is 8.46. The molecule has 0 radical (unpaired) electrons. The van der Waals surface area contributed by atoms with E-state index >= 15 is 0 Å². The molecule has 1 amide bonds. The normalized spacial score (nSPS) is 15.3. The maximum Gasteiger partial charge on any atom is 0.269 e. The number of hydrogen-bond donors (Lipinski definition) is 0. The summed E-state index contributed by atoms with van der Waals surface area (Å²) < 4.78 is 0. The topological polar surface area (TPSA) is 66.7 Å². The average Bonchev–Trinajstić information content (AvgIpc) is 2.79. The molecule has 0 bridgehead atoms. The molecule has 3 rings (SSSR count). The third kappa shape index (κ3) is 3.74. The lowest BCUT2D eigenvalue weighted by atomic mass is 10.0. The molecule has 0 spiro atoms. The van der Waals surface area contributed by atoms with Crippen LogP contribution >= 0.6 is 0 Å². The lowest BCUT2D eigenvalue weighted by molar-refractivity contribution is -0.384. The standard InChI is InChI=1S/C20H21N3O3/c1-21(2)14-15-11-12-22(19-6-4-3-5-17(19)13-15)20(24)16-7-9-18(10-8-16)23(25)26/h3-10,14H,11-13H2,1-2H3. The number of anilines is 1. The second-order valence-corrected chi connectivity index (χ2v) is 6.57. The van der Waals surface area contributed by atoms with Gasteiger partial charge < -0.3 is 9.80 Å². The smallest absolute Gasteiger partial charge is 0.269 e. The van der Waals surface area contributed by atoms with E-state index < -0.39 is 4.92 Å². The van der Waals surface area contributed by atoms with E-state index in [1.165, 1.54) is 29.8 Å². The maximum absolute atomic E-state index is 13.1. The number of carbonyl (C=O) groups is 1. The van der Waals surface area contributed by atoms with Gasteiger partial charge in [0.2, 0.25) is 0 Å². The lowest BCUT2D eigenvalue weighted by Gasteiger charge is -2.22. The zero-order chi connectivity index (χ0) is 18.7. The summed E-state index contributed by atoms with van der Waals surface area (Å²) in [5.74, 6) is -0.140. The van der Waals surface area contributed by atoms with Gasteiger partial charge in [-0.3, -0.25) is 14.9 Å². The van der Waals surface area contributed by atoms with Crippen molar-refractivity contribution in [3.63, 3.8) is 0 Å². The van der Waals surface area contributed by atoms with Crippen LogP contribution < -0.4 is 4.90 Å². The van der Waals surface area contributed by atoms with Gasteiger partial charge in [-0.1, -0.05) is 18.2 Å². The van der Waals surface area contributed by atoms with Gasteiger partial charge in [0.15, 0.2) is 0 Å². The number of para-hydroxylation sites is 1. The van der Waals surface area contributed by atoms with Crippen molar-refractivity contribution in [2.75, 3.05) is 25.5 Å². The summed E-state index contributed by atoms with van der Waals surface area (Å²) in [4.78, 5) is 27.2. The number of non-ortho nitro benzene ring substituents is 1. The Hall–Kier alpha value is -3.15. The van der Waals surface area contributed by atoms with Crippen LogP contribution in [0.5, 0.6) is 0 Å². The first-order valence-corrected chi connectivity index (χ1v) is 8.46. The molecule has 0 aliphatic carbocycles. The number of nitro groups is 1. The Labute approximate surface area is 152 Å². The van der Waals surface area contributed by atoms with Crippen molar-refractivity contribution in [2.45, 2.75) is 12.8 Å². The number of nitro benzene ring substituents is 1. The number of fused-ring (bicyclic) bond motifs is 1. The molecule has 0 atom stereocenters. The van der Waals surface area contributed by atoms with Crippen molar-refractivity contribution in [1.29, 1.82) is 0 Å². The van der Waals surface area contributed by atoms with Crippen LogP contribution in [0.15, 0.2) is 60.3 Å². The lowest BCUT2D eigenvalue weighted by Crippen LogP contribution is -2.31. The van der Waals surface area contributed by atoms with Crippen LogP contribution in [0.3, 0.4) is 0 Å². The second kappa shape index (κ2) is 7.39. The molecule has 0 N–H and O–H groups in total. The quantitative estimate of drug-likeness (QED) is 0.625. The highest BCUT2D eigenvalue weighted by molar-refractivity contribution is 6.06. The Morgan fingerprint density at radius 3 is 2.50 bits per heavy atom. The summed E-state index contributed by atoms with van der Waals surface area (Å²) in [6, 6.07) is 13.7. The Morgan fingerprint density at radius 1 is 1.15 bits per heavy atom. The molecule has 0 saturated heterocycles. The van der Waals surface area contributed by atoms with Crippen LogP contribution in [0, 0.1) is 10.1 Å². The van der Waals surface area contributed by atoms with Gasteiger partial charge in [-0.25, -0.2) is 0 Å². The number of hydrogen-bond acceptors (Lipinski definition) is 4. The molecule has 26 heavy (non-hydrogen) atoms. The molecule has 2 aromatic rings. The molecule has 0 aromatic heterocycles. The van der Waals surface area contributed by atoms with Gasteiger partial charge in [0.1, 0.15) is 0 Å². The highest BCUT2D eigenvalue weighted by Crippen LogP contribution is 2.30. The average molecular weight is 351 g/mol. The van der Waals surface area contributed by atoms with E-state index in [0.29, 0.717) is 12.1 Å². The van der Waals surface area contributed by atoms with Crippen LogP contribution in [0.4, 0.5) is 11.4 Å².